The third-order valence-electron chi connectivity index (χ3n) is 6.58. The first-order valence-electron chi connectivity index (χ1n) is 12.4. The highest BCUT2D eigenvalue weighted by Gasteiger charge is 2.35. The number of anilines is 1. The summed E-state index contributed by atoms with van der Waals surface area (Å²) in [7, 11) is 1.54. The molecule has 0 bridgehead atoms. The molecule has 1 saturated heterocycles. The molecule has 0 radical (unpaired) electrons. The molecule has 1 atom stereocenters. The summed E-state index contributed by atoms with van der Waals surface area (Å²) in [5.74, 6) is 0.972. The Hall–Kier alpha value is -3.87. The fraction of sp³-hybridized carbons (Fsp3) is 0.500. The first kappa shape index (κ1) is 25.2. The first-order chi connectivity index (χ1) is 17.5. The number of ether oxygens (including phenoxy) is 2. The molecule has 10 nitrogen and oxygen atoms in total. The Balaban J connectivity index is 1.42. The lowest BCUT2D eigenvalue weighted by Gasteiger charge is -2.27. The van der Waals surface area contributed by atoms with Crippen LogP contribution in [-0.4, -0.2) is 71.7 Å². The van der Waals surface area contributed by atoms with E-state index < -0.39 is 6.04 Å². The van der Waals surface area contributed by atoms with E-state index in [1.807, 2.05) is 12.1 Å². The van der Waals surface area contributed by atoms with Gasteiger partial charge in [0.25, 0.3) is 0 Å². The average Bonchev–Trinajstić information content (AvgIpc) is 3.26. The van der Waals surface area contributed by atoms with E-state index in [1.54, 1.807) is 29.0 Å². The van der Waals surface area contributed by atoms with E-state index in [1.165, 1.54) is 7.11 Å². The molecule has 36 heavy (non-hydrogen) atoms. The van der Waals surface area contributed by atoms with Crippen LogP contribution in [0.5, 0.6) is 5.88 Å². The van der Waals surface area contributed by atoms with Crippen molar-refractivity contribution in [1.82, 2.24) is 19.8 Å². The Labute approximate surface area is 211 Å². The van der Waals surface area contributed by atoms with E-state index in [0.717, 1.165) is 42.0 Å². The first-order valence-corrected chi connectivity index (χ1v) is 12.4. The molecule has 2 aromatic rings. The number of methoxy groups -OCH3 is 1. The van der Waals surface area contributed by atoms with Gasteiger partial charge in [-0.25, -0.2) is 14.8 Å². The molecule has 4 rings (SSSR count). The van der Waals surface area contributed by atoms with Gasteiger partial charge in [0, 0.05) is 38.4 Å². The minimum atomic E-state index is -0.474. The fourth-order valence-corrected chi connectivity index (χ4v) is 4.74. The largest absolute Gasteiger partial charge is 0.481 e. The molecule has 0 spiro atoms. The van der Waals surface area contributed by atoms with Crippen LogP contribution < -0.4 is 10.1 Å². The Bertz CT molecular complexity index is 1130. The van der Waals surface area contributed by atoms with Crippen molar-refractivity contribution in [3.05, 3.63) is 46.8 Å². The summed E-state index contributed by atoms with van der Waals surface area (Å²) in [6.07, 6.45) is 4.95. The van der Waals surface area contributed by atoms with Crippen LogP contribution >= 0.6 is 0 Å². The molecule has 2 amide bonds. The lowest BCUT2D eigenvalue weighted by atomic mass is 10.0. The van der Waals surface area contributed by atoms with Gasteiger partial charge in [0.1, 0.15) is 11.9 Å². The normalized spacial score (nSPS) is 15.6. The molecule has 4 heterocycles. The maximum atomic E-state index is 13.3. The average molecular weight is 493 g/mol. The molecular formula is C26H32N6O4. The summed E-state index contributed by atoms with van der Waals surface area (Å²) in [5, 5.41) is 12.9. The van der Waals surface area contributed by atoms with Crippen LogP contribution in [-0.2, 0) is 22.4 Å². The molecule has 1 fully saturated rings. The molecule has 0 unspecified atom stereocenters. The molecule has 190 valence electrons. The van der Waals surface area contributed by atoms with Gasteiger partial charge in [0.2, 0.25) is 5.88 Å². The van der Waals surface area contributed by atoms with Crippen LogP contribution in [0, 0.1) is 11.3 Å². The minimum Gasteiger partial charge on any atom is -0.481 e. The van der Waals surface area contributed by atoms with Crippen LogP contribution in [0.1, 0.15) is 54.6 Å². The molecule has 2 aromatic heterocycles. The van der Waals surface area contributed by atoms with Gasteiger partial charge in [-0.2, -0.15) is 5.26 Å². The smallest absolute Gasteiger partial charge is 0.320 e. The van der Waals surface area contributed by atoms with E-state index in [2.05, 4.69) is 16.4 Å². The molecule has 0 aromatic carbocycles. The van der Waals surface area contributed by atoms with Crippen LogP contribution in [0.2, 0.25) is 0 Å². The number of nitrogens with one attached hydrogen (secondary N) is 1. The van der Waals surface area contributed by atoms with Crippen molar-refractivity contribution < 1.29 is 19.1 Å². The Morgan fingerprint density at radius 1 is 1.33 bits per heavy atom. The molecule has 2 aliphatic heterocycles. The number of amides is 2. The number of hydrogen-bond donors (Lipinski definition) is 1. The number of esters is 1. The lowest BCUT2D eigenvalue weighted by Crippen LogP contribution is -2.36. The van der Waals surface area contributed by atoms with Crippen LogP contribution in [0.15, 0.2) is 24.4 Å². The Kier molecular flexibility index (Phi) is 8.21. The number of fused-ring (bicyclic) bond motifs is 1. The summed E-state index contributed by atoms with van der Waals surface area (Å²) in [4.78, 5) is 38.1. The van der Waals surface area contributed by atoms with Crippen molar-refractivity contribution in [3.8, 4) is 11.9 Å². The number of aryl methyl sites for hydroxylation is 2. The van der Waals surface area contributed by atoms with Crippen LogP contribution in [0.25, 0.3) is 0 Å². The van der Waals surface area contributed by atoms with E-state index in [9.17, 15) is 14.9 Å². The van der Waals surface area contributed by atoms with Crippen molar-refractivity contribution >= 4 is 17.8 Å². The summed E-state index contributed by atoms with van der Waals surface area (Å²) >= 11 is 0. The van der Waals surface area contributed by atoms with Crippen molar-refractivity contribution in [2.45, 2.75) is 45.1 Å². The van der Waals surface area contributed by atoms with E-state index in [0.29, 0.717) is 43.9 Å². The second-order valence-electron chi connectivity index (χ2n) is 8.86. The van der Waals surface area contributed by atoms with Crippen LogP contribution in [0.3, 0.4) is 0 Å². The van der Waals surface area contributed by atoms with Crippen molar-refractivity contribution in [2.75, 3.05) is 45.2 Å². The highest BCUT2D eigenvalue weighted by molar-refractivity contribution is 5.78. The zero-order valence-electron chi connectivity index (χ0n) is 20.8. The molecular weight excluding hydrogens is 460 g/mol. The van der Waals surface area contributed by atoms with Gasteiger partial charge in [-0.1, -0.05) is 6.07 Å². The number of rotatable bonds is 10. The number of carbonyl (C=O) groups is 2. The number of nitriles is 1. The predicted molar refractivity (Wildman–Crippen MR) is 133 cm³/mol. The highest BCUT2D eigenvalue weighted by atomic mass is 16.5. The van der Waals surface area contributed by atoms with Crippen molar-refractivity contribution in [1.29, 1.82) is 5.26 Å². The number of pyridine rings is 2. The second kappa shape index (κ2) is 11.7. The number of urea groups is 1. The zero-order chi connectivity index (χ0) is 25.5. The lowest BCUT2D eigenvalue weighted by molar-refractivity contribution is -0.144. The van der Waals surface area contributed by atoms with Gasteiger partial charge in [-0.05, 0) is 49.8 Å². The summed E-state index contributed by atoms with van der Waals surface area (Å²) in [6.45, 7) is 4.53. The topological polar surface area (TPSA) is 121 Å². The number of carbonyl (C=O) groups excluding carboxylic acids is 2. The zero-order valence-corrected chi connectivity index (χ0v) is 20.8. The van der Waals surface area contributed by atoms with E-state index in [4.69, 9.17) is 14.5 Å². The SMILES string of the molecule is CCOC(=O)C[C@@H](c1ccc(OC)nc1)N1CCN(CCCc2nc3c(cc2C#N)CCCN3)C1=O. The summed E-state index contributed by atoms with van der Waals surface area (Å²) in [6, 6.07) is 7.16. The molecule has 1 N–H and O–H groups in total. The van der Waals surface area contributed by atoms with Gasteiger partial charge < -0.3 is 24.6 Å². The third kappa shape index (κ3) is 5.67. The minimum absolute atomic E-state index is 0.0546. The quantitative estimate of drug-likeness (QED) is 0.503. The van der Waals surface area contributed by atoms with Gasteiger partial charge in [-0.3, -0.25) is 4.79 Å². The second-order valence-corrected chi connectivity index (χ2v) is 8.86. The maximum Gasteiger partial charge on any atom is 0.320 e. The predicted octanol–water partition coefficient (Wildman–Crippen LogP) is 3.08. The van der Waals surface area contributed by atoms with Crippen LogP contribution in [0.4, 0.5) is 10.6 Å². The van der Waals surface area contributed by atoms with Crippen molar-refractivity contribution in [3.63, 3.8) is 0 Å². The maximum absolute atomic E-state index is 13.3. The molecule has 0 saturated carbocycles. The number of hydrogen-bond acceptors (Lipinski definition) is 8. The monoisotopic (exact) mass is 492 g/mol. The van der Waals surface area contributed by atoms with Gasteiger partial charge in [0.15, 0.2) is 0 Å². The summed E-state index contributed by atoms with van der Waals surface area (Å²) < 4.78 is 10.3. The Morgan fingerprint density at radius 3 is 2.92 bits per heavy atom. The number of nitrogens with zero attached hydrogens (tertiary/aromatic N) is 5. The van der Waals surface area contributed by atoms with Gasteiger partial charge in [0.05, 0.1) is 37.4 Å². The van der Waals surface area contributed by atoms with Crippen molar-refractivity contribution in [2.24, 2.45) is 0 Å². The third-order valence-corrected chi connectivity index (χ3v) is 6.58. The summed E-state index contributed by atoms with van der Waals surface area (Å²) in [5.41, 5.74) is 3.21. The highest BCUT2D eigenvalue weighted by Crippen LogP contribution is 2.29. The standard InChI is InChI=1S/C26H32N6O4/c1-3-36-24(33)15-22(19-8-9-23(35-2)29-17-19)32-13-12-31(26(32)34)11-5-7-21-20(16-27)14-18-6-4-10-28-25(18)30-21/h8-9,14,17,22H,3-7,10-13,15H2,1-2H3,(H,28,30)/t22-/m0/s1. The molecule has 0 aliphatic carbocycles. The van der Waals surface area contributed by atoms with E-state index in [-0.39, 0.29) is 25.0 Å². The van der Waals surface area contributed by atoms with Gasteiger partial charge >= 0.3 is 12.0 Å². The Morgan fingerprint density at radius 2 is 2.19 bits per heavy atom. The van der Waals surface area contributed by atoms with E-state index >= 15 is 0 Å². The fourth-order valence-electron chi connectivity index (χ4n) is 4.74. The van der Waals surface area contributed by atoms with Gasteiger partial charge in [-0.15, -0.1) is 0 Å². The molecule has 10 heteroatoms. The number of aromatic nitrogens is 2. The molecule has 2 aliphatic rings.